The second-order valence-electron chi connectivity index (χ2n) is 4.78. The Hall–Kier alpha value is -3.04. The Kier molecular flexibility index (Phi) is 4.39. The number of benzene rings is 2. The van der Waals surface area contributed by atoms with Gasteiger partial charge in [0, 0.05) is 25.3 Å². The minimum Gasteiger partial charge on any atom is -0.377 e. The Balaban J connectivity index is 2.65. The van der Waals surface area contributed by atoms with Gasteiger partial charge < -0.3 is 4.90 Å². The van der Waals surface area contributed by atoms with Gasteiger partial charge in [-0.2, -0.15) is 10.5 Å². The Morgan fingerprint density at radius 2 is 1.48 bits per heavy atom. The zero-order chi connectivity index (χ0) is 15.2. The van der Waals surface area contributed by atoms with Crippen LogP contribution in [0.5, 0.6) is 0 Å². The lowest BCUT2D eigenvalue weighted by Gasteiger charge is -2.18. The third-order valence-corrected chi connectivity index (χ3v) is 3.18. The predicted molar refractivity (Wildman–Crippen MR) is 85.4 cm³/mol. The quantitative estimate of drug-likeness (QED) is 0.798. The molecule has 0 N–H and O–H groups in total. The summed E-state index contributed by atoms with van der Waals surface area (Å²) >= 11 is 0. The van der Waals surface area contributed by atoms with E-state index in [9.17, 15) is 0 Å². The largest absolute Gasteiger partial charge is 0.377 e. The van der Waals surface area contributed by atoms with Gasteiger partial charge in [0.1, 0.15) is 17.7 Å². The molecule has 0 saturated heterocycles. The molecule has 0 aliphatic carbocycles. The average Bonchev–Trinajstić information content (AvgIpc) is 2.53. The normalized spacial score (nSPS) is 9.33. The molecule has 0 saturated carbocycles. The average molecular weight is 273 g/mol. The van der Waals surface area contributed by atoms with Gasteiger partial charge >= 0.3 is 0 Å². The number of hydrogen-bond donors (Lipinski definition) is 0. The molecule has 0 fully saturated rings. The molecule has 0 amide bonds. The van der Waals surface area contributed by atoms with E-state index in [1.807, 2.05) is 79.7 Å². The van der Waals surface area contributed by atoms with Crippen LogP contribution in [0.1, 0.15) is 5.56 Å². The summed E-state index contributed by atoms with van der Waals surface area (Å²) in [6.07, 6.45) is 1.63. The first-order valence-electron chi connectivity index (χ1n) is 6.55. The van der Waals surface area contributed by atoms with Crippen molar-refractivity contribution in [3.05, 3.63) is 59.7 Å². The van der Waals surface area contributed by atoms with E-state index in [4.69, 9.17) is 10.5 Å². The Bertz CT molecular complexity index is 743. The van der Waals surface area contributed by atoms with Crippen molar-refractivity contribution >= 4 is 11.8 Å². The third kappa shape index (κ3) is 3.11. The third-order valence-electron chi connectivity index (χ3n) is 3.18. The number of allylic oxidation sites excluding steroid dienone is 1. The zero-order valence-corrected chi connectivity index (χ0v) is 12.0. The van der Waals surface area contributed by atoms with Crippen molar-refractivity contribution in [1.29, 1.82) is 10.5 Å². The Labute approximate surface area is 125 Å². The first kappa shape index (κ1) is 14.4. The smallest absolute Gasteiger partial charge is 0.130 e. The van der Waals surface area contributed by atoms with Crippen LogP contribution in [0, 0.1) is 22.7 Å². The molecule has 2 rings (SSSR count). The summed E-state index contributed by atoms with van der Waals surface area (Å²) in [6, 6.07) is 19.7. The van der Waals surface area contributed by atoms with Crippen LogP contribution in [-0.4, -0.2) is 14.1 Å². The van der Waals surface area contributed by atoms with Gasteiger partial charge in [0.15, 0.2) is 0 Å². The molecule has 0 heterocycles. The standard InChI is InChI=1S/C18H15N3/c1-21(2)18-10-6-5-9-17(18)16-8-4-3-7-15(16)11-14(12-19)13-20/h3-11H,1-2H3. The van der Waals surface area contributed by atoms with Crippen LogP contribution >= 0.6 is 0 Å². The minimum atomic E-state index is 0.102. The topological polar surface area (TPSA) is 50.8 Å². The van der Waals surface area contributed by atoms with E-state index in [0.29, 0.717) is 0 Å². The molecule has 2 aromatic carbocycles. The Morgan fingerprint density at radius 1 is 0.905 bits per heavy atom. The van der Waals surface area contributed by atoms with Crippen molar-refractivity contribution in [3.63, 3.8) is 0 Å². The van der Waals surface area contributed by atoms with E-state index in [1.54, 1.807) is 6.08 Å². The summed E-state index contributed by atoms with van der Waals surface area (Å²) in [7, 11) is 3.99. The van der Waals surface area contributed by atoms with Gasteiger partial charge in [-0.1, -0.05) is 42.5 Å². The molecule has 0 spiro atoms. The van der Waals surface area contributed by atoms with Crippen LogP contribution in [0.2, 0.25) is 0 Å². The molecule has 2 aromatic rings. The van der Waals surface area contributed by atoms with E-state index < -0.39 is 0 Å². The first-order valence-corrected chi connectivity index (χ1v) is 6.55. The van der Waals surface area contributed by atoms with Crippen LogP contribution in [0.15, 0.2) is 54.1 Å². The van der Waals surface area contributed by atoms with E-state index in [1.165, 1.54) is 0 Å². The second-order valence-corrected chi connectivity index (χ2v) is 4.78. The highest BCUT2D eigenvalue weighted by molar-refractivity contribution is 5.85. The molecule has 3 nitrogen and oxygen atoms in total. The van der Waals surface area contributed by atoms with Crippen molar-refractivity contribution < 1.29 is 0 Å². The Morgan fingerprint density at radius 3 is 2.10 bits per heavy atom. The molecule has 102 valence electrons. The van der Waals surface area contributed by atoms with E-state index in [2.05, 4.69) is 0 Å². The van der Waals surface area contributed by atoms with E-state index in [0.717, 1.165) is 22.4 Å². The lowest BCUT2D eigenvalue weighted by Crippen LogP contribution is -2.09. The van der Waals surface area contributed by atoms with Crippen molar-refractivity contribution in [2.24, 2.45) is 0 Å². The molecule has 0 unspecified atom stereocenters. The summed E-state index contributed by atoms with van der Waals surface area (Å²) in [6.45, 7) is 0. The van der Waals surface area contributed by atoms with Gasteiger partial charge in [-0.05, 0) is 23.3 Å². The fraction of sp³-hybridized carbons (Fsp3) is 0.111. The molecule has 0 aliphatic heterocycles. The molecular weight excluding hydrogens is 258 g/mol. The van der Waals surface area contributed by atoms with Gasteiger partial charge in [0.05, 0.1) is 0 Å². The molecule has 0 aromatic heterocycles. The fourth-order valence-corrected chi connectivity index (χ4v) is 2.20. The maximum Gasteiger partial charge on any atom is 0.130 e. The van der Waals surface area contributed by atoms with Crippen LogP contribution < -0.4 is 4.90 Å². The minimum absolute atomic E-state index is 0.102. The number of hydrogen-bond acceptors (Lipinski definition) is 3. The van der Waals surface area contributed by atoms with E-state index in [-0.39, 0.29) is 5.57 Å². The molecule has 0 atom stereocenters. The fourth-order valence-electron chi connectivity index (χ4n) is 2.20. The van der Waals surface area contributed by atoms with Crippen LogP contribution in [-0.2, 0) is 0 Å². The van der Waals surface area contributed by atoms with Crippen molar-refractivity contribution in [2.45, 2.75) is 0 Å². The summed E-state index contributed by atoms with van der Waals surface area (Å²) in [5, 5.41) is 17.9. The lowest BCUT2D eigenvalue weighted by molar-refractivity contribution is 1.13. The maximum atomic E-state index is 8.94. The predicted octanol–water partition coefficient (Wildman–Crippen LogP) is 3.85. The molecule has 0 radical (unpaired) electrons. The monoisotopic (exact) mass is 273 g/mol. The zero-order valence-electron chi connectivity index (χ0n) is 12.0. The second kappa shape index (κ2) is 6.41. The summed E-state index contributed by atoms with van der Waals surface area (Å²) in [4.78, 5) is 2.05. The van der Waals surface area contributed by atoms with Gasteiger partial charge in [-0.25, -0.2) is 0 Å². The van der Waals surface area contributed by atoms with Crippen molar-refractivity contribution in [2.75, 3.05) is 19.0 Å². The highest BCUT2D eigenvalue weighted by Gasteiger charge is 2.09. The lowest BCUT2D eigenvalue weighted by atomic mass is 9.96. The number of anilines is 1. The van der Waals surface area contributed by atoms with Gasteiger partial charge in [-0.3, -0.25) is 0 Å². The summed E-state index contributed by atoms with van der Waals surface area (Å²) in [5.74, 6) is 0. The number of para-hydroxylation sites is 1. The maximum absolute atomic E-state index is 8.94. The number of nitrogens with zero attached hydrogens (tertiary/aromatic N) is 3. The molecule has 0 aliphatic rings. The number of rotatable bonds is 3. The van der Waals surface area contributed by atoms with Crippen molar-refractivity contribution in [1.82, 2.24) is 0 Å². The highest BCUT2D eigenvalue weighted by Crippen LogP contribution is 2.32. The van der Waals surface area contributed by atoms with Gasteiger partial charge in [-0.15, -0.1) is 0 Å². The van der Waals surface area contributed by atoms with Gasteiger partial charge in [0.2, 0.25) is 0 Å². The highest BCUT2D eigenvalue weighted by atomic mass is 15.1. The van der Waals surface area contributed by atoms with Crippen LogP contribution in [0.25, 0.3) is 17.2 Å². The molecule has 3 heteroatoms. The van der Waals surface area contributed by atoms with Gasteiger partial charge in [0.25, 0.3) is 0 Å². The SMILES string of the molecule is CN(C)c1ccccc1-c1ccccc1C=C(C#N)C#N. The molecule has 0 bridgehead atoms. The molecule has 21 heavy (non-hydrogen) atoms. The summed E-state index contributed by atoms with van der Waals surface area (Å²) in [5.41, 5.74) is 4.14. The first-order chi connectivity index (χ1) is 10.2. The van der Waals surface area contributed by atoms with E-state index >= 15 is 0 Å². The molecular formula is C18H15N3. The van der Waals surface area contributed by atoms with Crippen LogP contribution in [0.4, 0.5) is 5.69 Å². The number of nitriles is 2. The van der Waals surface area contributed by atoms with Crippen molar-refractivity contribution in [3.8, 4) is 23.3 Å². The summed E-state index contributed by atoms with van der Waals surface area (Å²) < 4.78 is 0. The van der Waals surface area contributed by atoms with Crippen LogP contribution in [0.3, 0.4) is 0 Å².